The molecule has 1 amide bonds. The molecule has 8 heteroatoms. The van der Waals surface area contributed by atoms with E-state index >= 15 is 0 Å². The monoisotopic (exact) mass is 409 g/mol. The number of nitrogens with one attached hydrogen (secondary N) is 1. The van der Waals surface area contributed by atoms with Crippen LogP contribution in [0.4, 0.5) is 0 Å². The van der Waals surface area contributed by atoms with Crippen LogP contribution in [0.1, 0.15) is 24.2 Å². The quantitative estimate of drug-likeness (QED) is 0.401. The lowest BCUT2D eigenvalue weighted by molar-refractivity contribution is -0.144. The van der Waals surface area contributed by atoms with Crippen LogP contribution in [-0.4, -0.2) is 30.6 Å². The standard InChI is InChI=1S/C22H19NO7/c1-12(2)23-20(24)15-9-13-7-8-14(10-18(13)30-21(15)25)28-22(26)19-11-27-16-5-3-4-6-17(16)29-19/h3-10,12,19H,11H2,1-2H3,(H,23,24). The Kier molecular flexibility index (Phi) is 5.14. The summed E-state index contributed by atoms with van der Waals surface area (Å²) in [4.78, 5) is 36.8. The summed E-state index contributed by atoms with van der Waals surface area (Å²) in [6.45, 7) is 3.61. The molecule has 0 spiro atoms. The first-order valence-electron chi connectivity index (χ1n) is 9.39. The Morgan fingerprint density at radius 2 is 1.87 bits per heavy atom. The number of carbonyl (C=O) groups is 2. The highest BCUT2D eigenvalue weighted by Gasteiger charge is 2.29. The summed E-state index contributed by atoms with van der Waals surface area (Å²) < 4.78 is 21.8. The molecule has 2 aromatic carbocycles. The van der Waals surface area contributed by atoms with E-state index in [0.29, 0.717) is 16.9 Å². The average molecular weight is 409 g/mol. The van der Waals surface area contributed by atoms with Crippen LogP contribution in [0.3, 0.4) is 0 Å². The van der Waals surface area contributed by atoms with E-state index in [4.69, 9.17) is 18.6 Å². The van der Waals surface area contributed by atoms with Gasteiger partial charge in [0.2, 0.25) is 6.10 Å². The molecule has 1 atom stereocenters. The van der Waals surface area contributed by atoms with Crippen molar-refractivity contribution < 1.29 is 28.2 Å². The van der Waals surface area contributed by atoms with Gasteiger partial charge in [0.15, 0.2) is 11.5 Å². The summed E-state index contributed by atoms with van der Waals surface area (Å²) in [7, 11) is 0. The maximum atomic E-state index is 12.5. The summed E-state index contributed by atoms with van der Waals surface area (Å²) in [6.07, 6.45) is -0.926. The van der Waals surface area contributed by atoms with Crippen molar-refractivity contribution in [2.75, 3.05) is 6.61 Å². The largest absolute Gasteiger partial charge is 0.485 e. The van der Waals surface area contributed by atoms with E-state index in [1.54, 1.807) is 44.2 Å². The van der Waals surface area contributed by atoms with Gasteiger partial charge in [-0.3, -0.25) is 4.79 Å². The molecule has 2 heterocycles. The van der Waals surface area contributed by atoms with Crippen molar-refractivity contribution in [3.05, 3.63) is 64.5 Å². The van der Waals surface area contributed by atoms with E-state index in [0.717, 1.165) is 0 Å². The topological polar surface area (TPSA) is 104 Å². The summed E-state index contributed by atoms with van der Waals surface area (Å²) >= 11 is 0. The Morgan fingerprint density at radius 1 is 1.10 bits per heavy atom. The van der Waals surface area contributed by atoms with E-state index in [9.17, 15) is 14.4 Å². The summed E-state index contributed by atoms with van der Waals surface area (Å²) in [5, 5.41) is 3.17. The van der Waals surface area contributed by atoms with E-state index in [1.165, 1.54) is 12.1 Å². The number of hydrogen-bond acceptors (Lipinski definition) is 7. The van der Waals surface area contributed by atoms with Crippen LogP contribution in [0.2, 0.25) is 0 Å². The second kappa shape index (κ2) is 7.90. The zero-order valence-corrected chi connectivity index (χ0v) is 16.3. The molecular formula is C22H19NO7. The minimum atomic E-state index is -0.926. The Labute approximate surface area is 171 Å². The maximum absolute atomic E-state index is 12.5. The number of esters is 1. The lowest BCUT2D eigenvalue weighted by Crippen LogP contribution is -2.39. The van der Waals surface area contributed by atoms with Gasteiger partial charge in [-0.1, -0.05) is 12.1 Å². The zero-order chi connectivity index (χ0) is 21.3. The van der Waals surface area contributed by atoms with E-state index in [1.807, 2.05) is 6.07 Å². The molecule has 8 nitrogen and oxygen atoms in total. The smallest absolute Gasteiger partial charge is 0.356 e. The van der Waals surface area contributed by atoms with E-state index in [-0.39, 0.29) is 29.5 Å². The summed E-state index contributed by atoms with van der Waals surface area (Å²) in [5.41, 5.74) is -0.672. The third kappa shape index (κ3) is 3.98. The molecule has 154 valence electrons. The second-order valence-electron chi connectivity index (χ2n) is 7.06. The second-order valence-corrected chi connectivity index (χ2v) is 7.06. The van der Waals surface area contributed by atoms with Crippen molar-refractivity contribution in [3.8, 4) is 17.2 Å². The average Bonchev–Trinajstić information content (AvgIpc) is 2.72. The first-order valence-corrected chi connectivity index (χ1v) is 9.39. The van der Waals surface area contributed by atoms with Gasteiger partial charge in [0.1, 0.15) is 23.5 Å². The fraction of sp³-hybridized carbons (Fsp3) is 0.227. The number of para-hydroxylation sites is 2. The maximum Gasteiger partial charge on any atom is 0.356 e. The highest BCUT2D eigenvalue weighted by atomic mass is 16.6. The molecule has 1 aromatic heterocycles. The van der Waals surface area contributed by atoms with Gasteiger partial charge in [-0.2, -0.15) is 0 Å². The molecule has 1 unspecified atom stereocenters. The zero-order valence-electron chi connectivity index (χ0n) is 16.3. The number of hydrogen-bond donors (Lipinski definition) is 1. The number of benzene rings is 2. The number of amides is 1. The summed E-state index contributed by atoms with van der Waals surface area (Å²) in [5.74, 6) is 0.0521. The molecule has 0 saturated heterocycles. The molecule has 0 aliphatic carbocycles. The molecular weight excluding hydrogens is 390 g/mol. The number of fused-ring (bicyclic) bond motifs is 2. The fourth-order valence-corrected chi connectivity index (χ4v) is 2.97. The molecule has 0 fully saturated rings. The minimum absolute atomic E-state index is 0.0207. The molecule has 3 aromatic rings. The Hall–Kier alpha value is -3.81. The number of ether oxygens (including phenoxy) is 3. The van der Waals surface area contributed by atoms with Crippen molar-refractivity contribution in [2.24, 2.45) is 0 Å². The van der Waals surface area contributed by atoms with Gasteiger partial charge in [0.05, 0.1) is 0 Å². The molecule has 0 radical (unpaired) electrons. The van der Waals surface area contributed by atoms with Crippen LogP contribution >= 0.6 is 0 Å². The van der Waals surface area contributed by atoms with Crippen molar-refractivity contribution in [1.82, 2.24) is 5.32 Å². The fourth-order valence-electron chi connectivity index (χ4n) is 2.97. The predicted molar refractivity (Wildman–Crippen MR) is 107 cm³/mol. The van der Waals surface area contributed by atoms with Gasteiger partial charge in [-0.05, 0) is 44.2 Å². The van der Waals surface area contributed by atoms with Crippen LogP contribution in [-0.2, 0) is 4.79 Å². The van der Waals surface area contributed by atoms with Gasteiger partial charge >= 0.3 is 11.6 Å². The van der Waals surface area contributed by atoms with Gasteiger partial charge in [0.25, 0.3) is 5.91 Å². The summed E-state index contributed by atoms with van der Waals surface area (Å²) in [6, 6.07) is 12.9. The third-order valence-electron chi connectivity index (χ3n) is 4.36. The van der Waals surface area contributed by atoms with Crippen molar-refractivity contribution in [2.45, 2.75) is 26.0 Å². The van der Waals surface area contributed by atoms with E-state index < -0.39 is 23.6 Å². The van der Waals surface area contributed by atoms with Crippen molar-refractivity contribution in [3.63, 3.8) is 0 Å². The molecule has 0 bridgehead atoms. The molecule has 30 heavy (non-hydrogen) atoms. The number of rotatable bonds is 4. The predicted octanol–water partition coefficient (Wildman–Crippen LogP) is 2.68. The van der Waals surface area contributed by atoms with Gasteiger partial charge in [0, 0.05) is 17.5 Å². The third-order valence-corrected chi connectivity index (χ3v) is 4.36. The lowest BCUT2D eigenvalue weighted by atomic mass is 10.1. The van der Waals surface area contributed by atoms with Crippen LogP contribution in [0.5, 0.6) is 17.2 Å². The van der Waals surface area contributed by atoms with Gasteiger partial charge < -0.3 is 23.9 Å². The molecule has 0 saturated carbocycles. The Balaban J connectivity index is 1.52. The highest BCUT2D eigenvalue weighted by molar-refractivity contribution is 5.97. The Bertz CT molecular complexity index is 1180. The molecule has 4 rings (SSSR count). The SMILES string of the molecule is CC(C)NC(=O)c1cc2ccc(OC(=O)C3COc4ccccc4O3)cc2oc1=O. The van der Waals surface area contributed by atoms with Crippen LogP contribution in [0.15, 0.2) is 57.7 Å². The van der Waals surface area contributed by atoms with Crippen LogP contribution in [0, 0.1) is 0 Å². The van der Waals surface area contributed by atoms with E-state index in [2.05, 4.69) is 5.32 Å². The van der Waals surface area contributed by atoms with Crippen LogP contribution < -0.4 is 25.2 Å². The minimum Gasteiger partial charge on any atom is -0.485 e. The normalized spacial score (nSPS) is 15.1. The first kappa shape index (κ1) is 19.5. The van der Waals surface area contributed by atoms with Crippen LogP contribution in [0.25, 0.3) is 11.0 Å². The van der Waals surface area contributed by atoms with Gasteiger partial charge in [-0.25, -0.2) is 9.59 Å². The van der Waals surface area contributed by atoms with Gasteiger partial charge in [-0.15, -0.1) is 0 Å². The first-order chi connectivity index (χ1) is 14.4. The molecule has 1 aliphatic rings. The highest BCUT2D eigenvalue weighted by Crippen LogP contribution is 2.31. The lowest BCUT2D eigenvalue weighted by Gasteiger charge is -2.24. The Morgan fingerprint density at radius 3 is 2.63 bits per heavy atom. The van der Waals surface area contributed by atoms with Crippen molar-refractivity contribution >= 4 is 22.8 Å². The number of carbonyl (C=O) groups excluding carboxylic acids is 2. The molecule has 1 N–H and O–H groups in total. The van der Waals surface area contributed by atoms with Crippen molar-refractivity contribution in [1.29, 1.82) is 0 Å². The molecule has 1 aliphatic heterocycles.